The average Bonchev–Trinajstić information content (AvgIpc) is 2.99. The topological polar surface area (TPSA) is 70.5 Å². The van der Waals surface area contributed by atoms with Crippen LogP contribution in [-0.4, -0.2) is 32.9 Å². The Morgan fingerprint density at radius 2 is 2.00 bits per heavy atom. The maximum Gasteiger partial charge on any atom is 0.307 e. The Balaban J connectivity index is 2.16. The lowest BCUT2D eigenvalue weighted by atomic mass is 10.1. The van der Waals surface area contributed by atoms with Crippen LogP contribution in [0.25, 0.3) is 0 Å². The number of carbonyl (C=O) groups excluding carboxylic acids is 1. The van der Waals surface area contributed by atoms with Crippen molar-refractivity contribution in [2.75, 3.05) is 0 Å². The van der Waals surface area contributed by atoms with E-state index in [1.807, 2.05) is 45.9 Å². The summed E-state index contributed by atoms with van der Waals surface area (Å²) in [5, 5.41) is 9.24. The molecule has 0 unspecified atom stereocenters. The number of carboxylic acid groups (broad SMARTS) is 1. The molecule has 5 heteroatoms. The molecule has 1 heterocycles. The van der Waals surface area contributed by atoms with Crippen molar-refractivity contribution < 1.29 is 14.7 Å². The van der Waals surface area contributed by atoms with Crippen LogP contribution in [-0.2, 0) is 16.1 Å². The summed E-state index contributed by atoms with van der Waals surface area (Å²) >= 11 is 0. The van der Waals surface area contributed by atoms with Gasteiger partial charge in [-0.2, -0.15) is 0 Å². The number of aromatic nitrogens is 1. The zero-order valence-corrected chi connectivity index (χ0v) is 12.9. The zero-order valence-electron chi connectivity index (χ0n) is 12.9. The number of nitrogens with zero attached hydrogens (tertiary/aromatic N) is 2. The molecule has 0 radical (unpaired) electrons. The van der Waals surface area contributed by atoms with Gasteiger partial charge in [-0.3, -0.25) is 14.6 Å². The summed E-state index contributed by atoms with van der Waals surface area (Å²) in [5.74, 6) is -2.01. The Bertz CT molecular complexity index is 540. The minimum absolute atomic E-state index is 0.00495. The molecule has 21 heavy (non-hydrogen) atoms. The molecule has 1 amide bonds. The van der Waals surface area contributed by atoms with Crippen LogP contribution in [0.4, 0.5) is 0 Å². The molecule has 0 bridgehead atoms. The predicted octanol–water partition coefficient (Wildman–Crippen LogP) is 2.18. The van der Waals surface area contributed by atoms with E-state index in [0.29, 0.717) is 6.54 Å². The third kappa shape index (κ3) is 2.91. The Morgan fingerprint density at radius 3 is 2.43 bits per heavy atom. The first-order valence-electron chi connectivity index (χ1n) is 7.20. The van der Waals surface area contributed by atoms with Crippen LogP contribution in [0.2, 0.25) is 0 Å². The van der Waals surface area contributed by atoms with Crippen molar-refractivity contribution >= 4 is 11.9 Å². The molecule has 1 fully saturated rings. The first kappa shape index (κ1) is 15.5. The Hall–Kier alpha value is -1.91. The van der Waals surface area contributed by atoms with Gasteiger partial charge in [-0.15, -0.1) is 0 Å². The number of carbonyl (C=O) groups is 2. The highest BCUT2D eigenvalue weighted by Crippen LogP contribution is 2.59. The van der Waals surface area contributed by atoms with Crippen molar-refractivity contribution in [2.45, 2.75) is 40.3 Å². The van der Waals surface area contributed by atoms with E-state index < -0.39 is 23.2 Å². The van der Waals surface area contributed by atoms with Gasteiger partial charge in [0, 0.05) is 12.2 Å². The summed E-state index contributed by atoms with van der Waals surface area (Å²) in [5.41, 5.74) is 0.338. The second-order valence-electron chi connectivity index (χ2n) is 6.50. The zero-order chi connectivity index (χ0) is 15.8. The minimum atomic E-state index is -0.889. The smallest absolute Gasteiger partial charge is 0.307 e. The minimum Gasteiger partial charge on any atom is -0.481 e. The maximum absolute atomic E-state index is 12.7. The van der Waals surface area contributed by atoms with Crippen molar-refractivity contribution in [3.8, 4) is 0 Å². The highest BCUT2D eigenvalue weighted by Gasteiger charge is 2.66. The van der Waals surface area contributed by atoms with Crippen LogP contribution in [0.15, 0.2) is 24.4 Å². The van der Waals surface area contributed by atoms with E-state index in [4.69, 9.17) is 0 Å². The van der Waals surface area contributed by atoms with Crippen LogP contribution in [0.1, 0.15) is 33.4 Å². The molecule has 1 aliphatic rings. The van der Waals surface area contributed by atoms with Gasteiger partial charge in [0.15, 0.2) is 0 Å². The maximum atomic E-state index is 12.7. The lowest BCUT2D eigenvalue weighted by Crippen LogP contribution is -2.38. The van der Waals surface area contributed by atoms with E-state index in [0.717, 1.165) is 5.69 Å². The number of pyridine rings is 1. The third-order valence-electron chi connectivity index (χ3n) is 4.32. The fraction of sp³-hybridized carbons (Fsp3) is 0.562. The van der Waals surface area contributed by atoms with E-state index in [1.54, 1.807) is 11.1 Å². The number of aliphatic carboxylic acids is 1. The third-order valence-corrected chi connectivity index (χ3v) is 4.32. The van der Waals surface area contributed by atoms with Crippen LogP contribution in [0.5, 0.6) is 0 Å². The fourth-order valence-corrected chi connectivity index (χ4v) is 2.92. The number of amides is 1. The van der Waals surface area contributed by atoms with Crippen LogP contribution in [0.3, 0.4) is 0 Å². The summed E-state index contributed by atoms with van der Waals surface area (Å²) in [6, 6.07) is 5.59. The number of hydrogen-bond donors (Lipinski definition) is 1. The normalized spacial score (nSPS) is 22.9. The van der Waals surface area contributed by atoms with Gasteiger partial charge < -0.3 is 10.0 Å². The van der Waals surface area contributed by atoms with Crippen LogP contribution >= 0.6 is 0 Å². The average molecular weight is 290 g/mol. The van der Waals surface area contributed by atoms with E-state index in [1.165, 1.54) is 0 Å². The summed E-state index contributed by atoms with van der Waals surface area (Å²) in [6.07, 6.45) is 1.69. The number of hydrogen-bond acceptors (Lipinski definition) is 3. The van der Waals surface area contributed by atoms with Gasteiger partial charge in [-0.05, 0) is 31.4 Å². The molecule has 1 aromatic rings. The summed E-state index contributed by atoms with van der Waals surface area (Å²) < 4.78 is 0. The van der Waals surface area contributed by atoms with E-state index in [-0.39, 0.29) is 11.9 Å². The molecule has 0 saturated heterocycles. The van der Waals surface area contributed by atoms with Crippen molar-refractivity contribution in [3.63, 3.8) is 0 Å². The number of rotatable bonds is 5. The van der Waals surface area contributed by atoms with Gasteiger partial charge in [-0.25, -0.2) is 0 Å². The Labute approximate surface area is 125 Å². The molecule has 2 atom stereocenters. The molecule has 1 aromatic heterocycles. The molecule has 2 rings (SSSR count). The lowest BCUT2D eigenvalue weighted by Gasteiger charge is -2.27. The van der Waals surface area contributed by atoms with Crippen molar-refractivity contribution in [3.05, 3.63) is 30.1 Å². The van der Waals surface area contributed by atoms with Crippen LogP contribution < -0.4 is 0 Å². The molecule has 5 nitrogen and oxygen atoms in total. The van der Waals surface area contributed by atoms with Crippen molar-refractivity contribution in [2.24, 2.45) is 17.3 Å². The fourth-order valence-electron chi connectivity index (χ4n) is 2.92. The largest absolute Gasteiger partial charge is 0.481 e. The monoisotopic (exact) mass is 290 g/mol. The first-order chi connectivity index (χ1) is 9.76. The molecule has 114 valence electrons. The Kier molecular flexibility index (Phi) is 4.03. The van der Waals surface area contributed by atoms with Crippen molar-refractivity contribution in [1.82, 2.24) is 9.88 Å². The van der Waals surface area contributed by atoms with Gasteiger partial charge in [0.25, 0.3) is 0 Å². The SMILES string of the molecule is CC(C)N(Cc1ccccn1)C(=O)[C@H]1[C@@H](C(=O)O)C1(C)C. The second kappa shape index (κ2) is 5.47. The van der Waals surface area contributed by atoms with Gasteiger partial charge in [0.1, 0.15) is 0 Å². The highest BCUT2D eigenvalue weighted by atomic mass is 16.4. The summed E-state index contributed by atoms with van der Waals surface area (Å²) in [7, 11) is 0. The quantitative estimate of drug-likeness (QED) is 0.902. The van der Waals surface area contributed by atoms with Crippen molar-refractivity contribution in [1.29, 1.82) is 0 Å². The molecular formula is C16H22N2O3. The van der Waals surface area contributed by atoms with Gasteiger partial charge in [-0.1, -0.05) is 19.9 Å². The number of carboxylic acids is 1. The Morgan fingerprint density at radius 1 is 1.33 bits per heavy atom. The highest BCUT2D eigenvalue weighted by molar-refractivity contribution is 5.91. The standard InChI is InChI=1S/C16H22N2O3/c1-10(2)18(9-11-7-5-6-8-17-11)14(19)12-13(15(20)21)16(12,3)4/h5-8,10,12-13H,9H2,1-4H3,(H,20,21)/t12-,13+/m1/s1. The first-order valence-corrected chi connectivity index (χ1v) is 7.20. The molecule has 0 aromatic carbocycles. The molecule has 1 saturated carbocycles. The summed E-state index contributed by atoms with van der Waals surface area (Å²) in [4.78, 5) is 29.9. The van der Waals surface area contributed by atoms with E-state index >= 15 is 0 Å². The lowest BCUT2D eigenvalue weighted by molar-refractivity contribution is -0.142. The molecule has 0 aliphatic heterocycles. The van der Waals surface area contributed by atoms with Gasteiger partial charge in [0.2, 0.25) is 5.91 Å². The molecule has 1 N–H and O–H groups in total. The van der Waals surface area contributed by atoms with Gasteiger partial charge >= 0.3 is 5.97 Å². The predicted molar refractivity (Wildman–Crippen MR) is 78.3 cm³/mol. The second-order valence-corrected chi connectivity index (χ2v) is 6.50. The molecular weight excluding hydrogens is 268 g/mol. The molecule has 1 aliphatic carbocycles. The van der Waals surface area contributed by atoms with E-state index in [2.05, 4.69) is 4.98 Å². The van der Waals surface area contributed by atoms with Crippen LogP contribution in [0, 0.1) is 17.3 Å². The van der Waals surface area contributed by atoms with E-state index in [9.17, 15) is 14.7 Å². The summed E-state index contributed by atoms with van der Waals surface area (Å²) in [6.45, 7) is 7.97. The van der Waals surface area contributed by atoms with Gasteiger partial charge in [0.05, 0.1) is 24.1 Å². The molecule has 0 spiro atoms.